The van der Waals surface area contributed by atoms with Gasteiger partial charge in [-0.3, -0.25) is 9.59 Å². The lowest BCUT2D eigenvalue weighted by atomic mass is 9.92. The van der Waals surface area contributed by atoms with Crippen LogP contribution in [0.2, 0.25) is 0 Å². The molecule has 0 aliphatic carbocycles. The molecule has 2 aromatic rings. The minimum atomic E-state index is -0.151. The first-order valence-electron chi connectivity index (χ1n) is 6.85. The van der Waals surface area contributed by atoms with Gasteiger partial charge in [0.1, 0.15) is 5.69 Å². The molecule has 4 nitrogen and oxygen atoms in total. The van der Waals surface area contributed by atoms with Gasteiger partial charge in [0.25, 0.3) is 5.91 Å². The average molecular weight is 347 g/mol. The van der Waals surface area contributed by atoms with E-state index in [1.54, 1.807) is 4.90 Å². The van der Waals surface area contributed by atoms with Crippen LogP contribution >= 0.6 is 15.9 Å². The predicted octanol–water partition coefficient (Wildman–Crippen LogP) is 2.45. The van der Waals surface area contributed by atoms with E-state index in [1.165, 1.54) is 23.9 Å². The molecule has 2 heterocycles. The van der Waals surface area contributed by atoms with Crippen LogP contribution in [0.1, 0.15) is 16.1 Å². The molecular formula is C16H15BrN2O2. The number of halogens is 1. The Labute approximate surface area is 130 Å². The van der Waals surface area contributed by atoms with Crippen molar-refractivity contribution in [2.75, 3.05) is 13.1 Å². The fourth-order valence-electron chi connectivity index (χ4n) is 2.58. The summed E-state index contributed by atoms with van der Waals surface area (Å²) in [5.41, 5.74) is 1.48. The van der Waals surface area contributed by atoms with Gasteiger partial charge in [-0.2, -0.15) is 0 Å². The SMILES string of the molecule is O=C(c1cc(=O)cc[nH]1)N1CC(Cc2ccccc2Br)C1. The van der Waals surface area contributed by atoms with Crippen LogP contribution in [0.3, 0.4) is 0 Å². The number of H-pyrrole nitrogens is 1. The third-order valence-corrected chi connectivity index (χ3v) is 4.49. The number of aromatic nitrogens is 1. The molecule has 21 heavy (non-hydrogen) atoms. The highest BCUT2D eigenvalue weighted by atomic mass is 79.9. The van der Waals surface area contributed by atoms with Gasteiger partial charge < -0.3 is 9.88 Å². The molecule has 5 heteroatoms. The first-order valence-corrected chi connectivity index (χ1v) is 7.64. The zero-order valence-electron chi connectivity index (χ0n) is 11.4. The number of nitrogens with one attached hydrogen (secondary N) is 1. The maximum atomic E-state index is 12.2. The summed E-state index contributed by atoms with van der Waals surface area (Å²) in [6, 6.07) is 10.9. The van der Waals surface area contributed by atoms with Crippen molar-refractivity contribution in [2.24, 2.45) is 5.92 Å². The summed E-state index contributed by atoms with van der Waals surface area (Å²) in [7, 11) is 0. The number of pyridine rings is 1. The number of nitrogens with zero attached hydrogens (tertiary/aromatic N) is 1. The van der Waals surface area contributed by atoms with Gasteiger partial charge in [0, 0.05) is 35.9 Å². The van der Waals surface area contributed by atoms with E-state index in [2.05, 4.69) is 27.0 Å². The third kappa shape index (κ3) is 3.08. The van der Waals surface area contributed by atoms with E-state index in [0.717, 1.165) is 24.0 Å². The number of carbonyl (C=O) groups is 1. The van der Waals surface area contributed by atoms with Crippen molar-refractivity contribution in [3.8, 4) is 0 Å². The fraction of sp³-hybridized carbons (Fsp3) is 0.250. The first-order chi connectivity index (χ1) is 10.1. The van der Waals surface area contributed by atoms with Crippen LogP contribution in [0.4, 0.5) is 0 Å². The number of benzene rings is 1. The Bertz CT molecular complexity index is 720. The number of carbonyl (C=O) groups excluding carboxylic acids is 1. The van der Waals surface area contributed by atoms with Crippen molar-refractivity contribution < 1.29 is 4.79 Å². The summed E-state index contributed by atoms with van der Waals surface area (Å²) >= 11 is 3.55. The van der Waals surface area contributed by atoms with Crippen LogP contribution in [0.5, 0.6) is 0 Å². The van der Waals surface area contributed by atoms with E-state index in [1.807, 2.05) is 18.2 Å². The molecule has 1 N–H and O–H groups in total. The molecule has 1 aromatic carbocycles. The second-order valence-electron chi connectivity index (χ2n) is 5.31. The maximum absolute atomic E-state index is 12.2. The van der Waals surface area contributed by atoms with Crippen molar-refractivity contribution in [2.45, 2.75) is 6.42 Å². The van der Waals surface area contributed by atoms with Crippen LogP contribution in [-0.4, -0.2) is 28.9 Å². The Kier molecular flexibility index (Phi) is 3.92. The van der Waals surface area contributed by atoms with E-state index >= 15 is 0 Å². The molecule has 108 valence electrons. The van der Waals surface area contributed by atoms with Gasteiger partial charge >= 0.3 is 0 Å². The predicted molar refractivity (Wildman–Crippen MR) is 84.3 cm³/mol. The Morgan fingerprint density at radius 3 is 2.76 bits per heavy atom. The van der Waals surface area contributed by atoms with Gasteiger partial charge in [-0.25, -0.2) is 0 Å². The van der Waals surface area contributed by atoms with Gasteiger partial charge in [-0.15, -0.1) is 0 Å². The molecule has 1 amide bonds. The molecule has 1 aromatic heterocycles. The molecular weight excluding hydrogens is 332 g/mol. The number of rotatable bonds is 3. The van der Waals surface area contributed by atoms with Gasteiger partial charge in [0.15, 0.2) is 5.43 Å². The standard InChI is InChI=1S/C16H15BrN2O2/c17-14-4-2-1-3-12(14)7-11-9-19(10-11)16(21)15-8-13(20)5-6-18-15/h1-6,8,11H,7,9-10H2,(H,18,20). The highest BCUT2D eigenvalue weighted by molar-refractivity contribution is 9.10. The number of amides is 1. The molecule has 0 atom stereocenters. The number of hydrogen-bond donors (Lipinski definition) is 1. The fourth-order valence-corrected chi connectivity index (χ4v) is 3.03. The molecule has 1 aliphatic rings. The lowest BCUT2D eigenvalue weighted by molar-refractivity contribution is 0.0494. The summed E-state index contributed by atoms with van der Waals surface area (Å²) in [5, 5.41) is 0. The third-order valence-electron chi connectivity index (χ3n) is 3.71. The normalized spacial score (nSPS) is 14.8. The Morgan fingerprint density at radius 2 is 2.05 bits per heavy atom. The molecule has 0 radical (unpaired) electrons. The summed E-state index contributed by atoms with van der Waals surface area (Å²) in [6.07, 6.45) is 2.46. The largest absolute Gasteiger partial charge is 0.357 e. The molecule has 1 saturated heterocycles. The van der Waals surface area contributed by atoms with E-state index in [-0.39, 0.29) is 11.3 Å². The second-order valence-corrected chi connectivity index (χ2v) is 6.16. The minimum Gasteiger partial charge on any atom is -0.357 e. The summed E-state index contributed by atoms with van der Waals surface area (Å²) in [4.78, 5) is 28.1. The topological polar surface area (TPSA) is 53.2 Å². The number of likely N-dealkylation sites (tertiary alicyclic amines) is 1. The monoisotopic (exact) mass is 346 g/mol. The van der Waals surface area contributed by atoms with Crippen molar-refractivity contribution in [3.05, 3.63) is 68.5 Å². The lowest BCUT2D eigenvalue weighted by Gasteiger charge is -2.39. The first kappa shape index (κ1) is 14.1. The van der Waals surface area contributed by atoms with E-state index in [9.17, 15) is 9.59 Å². The van der Waals surface area contributed by atoms with E-state index < -0.39 is 0 Å². The quantitative estimate of drug-likeness (QED) is 0.927. The van der Waals surface area contributed by atoms with Gasteiger partial charge in [-0.1, -0.05) is 34.1 Å². The van der Waals surface area contributed by atoms with Gasteiger partial charge in [0.2, 0.25) is 0 Å². The van der Waals surface area contributed by atoms with Crippen LogP contribution in [-0.2, 0) is 6.42 Å². The van der Waals surface area contributed by atoms with Gasteiger partial charge in [-0.05, 0) is 24.0 Å². The molecule has 0 bridgehead atoms. The summed E-state index contributed by atoms with van der Waals surface area (Å²) in [6.45, 7) is 1.47. The minimum absolute atomic E-state index is 0.101. The van der Waals surface area contributed by atoms with Crippen LogP contribution in [0.15, 0.2) is 51.9 Å². The van der Waals surface area contributed by atoms with Crippen molar-refractivity contribution in [1.29, 1.82) is 0 Å². The van der Waals surface area contributed by atoms with Gasteiger partial charge in [0.05, 0.1) is 0 Å². The maximum Gasteiger partial charge on any atom is 0.270 e. The Hall–Kier alpha value is -1.88. The number of aromatic amines is 1. The molecule has 1 fully saturated rings. The van der Waals surface area contributed by atoms with Crippen LogP contribution in [0.25, 0.3) is 0 Å². The summed E-state index contributed by atoms with van der Waals surface area (Å²) in [5.74, 6) is 0.374. The Morgan fingerprint density at radius 1 is 1.29 bits per heavy atom. The van der Waals surface area contributed by atoms with E-state index in [0.29, 0.717) is 11.6 Å². The molecule has 1 aliphatic heterocycles. The molecule has 3 rings (SSSR count). The molecule has 0 unspecified atom stereocenters. The lowest BCUT2D eigenvalue weighted by Crippen LogP contribution is -2.51. The highest BCUT2D eigenvalue weighted by Gasteiger charge is 2.31. The summed E-state index contributed by atoms with van der Waals surface area (Å²) < 4.78 is 1.11. The van der Waals surface area contributed by atoms with Crippen LogP contribution in [0, 0.1) is 5.92 Å². The smallest absolute Gasteiger partial charge is 0.270 e. The zero-order chi connectivity index (χ0) is 14.8. The second kappa shape index (κ2) is 5.85. The highest BCUT2D eigenvalue weighted by Crippen LogP contribution is 2.25. The van der Waals surface area contributed by atoms with Crippen molar-refractivity contribution >= 4 is 21.8 Å². The Balaban J connectivity index is 1.60. The van der Waals surface area contributed by atoms with Crippen LogP contribution < -0.4 is 5.43 Å². The molecule has 0 saturated carbocycles. The molecule has 0 spiro atoms. The van der Waals surface area contributed by atoms with E-state index in [4.69, 9.17) is 0 Å². The zero-order valence-corrected chi connectivity index (χ0v) is 13.0. The average Bonchev–Trinajstić information content (AvgIpc) is 2.43. The van der Waals surface area contributed by atoms with Crippen molar-refractivity contribution in [1.82, 2.24) is 9.88 Å². The number of hydrogen-bond acceptors (Lipinski definition) is 2. The van der Waals surface area contributed by atoms with Crippen molar-refractivity contribution in [3.63, 3.8) is 0 Å².